The van der Waals surface area contributed by atoms with E-state index in [1.807, 2.05) is 6.92 Å². The molecule has 3 aromatic carbocycles. The van der Waals surface area contributed by atoms with Gasteiger partial charge in [0.15, 0.2) is 0 Å². The monoisotopic (exact) mass is 463 g/mol. The summed E-state index contributed by atoms with van der Waals surface area (Å²) in [6.45, 7) is 7.46. The third-order valence-corrected chi connectivity index (χ3v) is 6.27. The quantitative estimate of drug-likeness (QED) is 0.434. The van der Waals surface area contributed by atoms with Crippen molar-refractivity contribution < 1.29 is 18.0 Å². The van der Waals surface area contributed by atoms with E-state index in [-0.39, 0.29) is 10.8 Å². The largest absolute Gasteiger partial charge is 0.349 e. The smallest absolute Gasteiger partial charge is 0.261 e. The van der Waals surface area contributed by atoms with E-state index in [1.165, 1.54) is 18.2 Å². The number of hydrogen-bond acceptors (Lipinski definition) is 4. The van der Waals surface area contributed by atoms with Crippen molar-refractivity contribution in [2.24, 2.45) is 0 Å². The van der Waals surface area contributed by atoms with Crippen LogP contribution in [0.15, 0.2) is 84.3 Å². The Bertz CT molecular complexity index is 1300. The van der Waals surface area contributed by atoms with Crippen molar-refractivity contribution in [1.82, 2.24) is 5.32 Å². The van der Waals surface area contributed by atoms with Gasteiger partial charge >= 0.3 is 0 Å². The number of nitrogens with one attached hydrogen (secondary N) is 3. The fraction of sp³-hybridized carbons (Fsp3) is 0.120. The average Bonchev–Trinajstić information content (AvgIpc) is 2.79. The molecule has 2 amide bonds. The van der Waals surface area contributed by atoms with Crippen LogP contribution in [0, 0.1) is 13.8 Å². The Morgan fingerprint density at radius 1 is 0.909 bits per heavy atom. The Balaban J connectivity index is 1.78. The van der Waals surface area contributed by atoms with Gasteiger partial charge in [0.2, 0.25) is 0 Å². The molecule has 3 N–H and O–H groups in total. The van der Waals surface area contributed by atoms with Gasteiger partial charge in [0, 0.05) is 12.1 Å². The number of hydrogen-bond donors (Lipinski definition) is 3. The maximum atomic E-state index is 12.8. The summed E-state index contributed by atoms with van der Waals surface area (Å²) in [5, 5.41) is 5.43. The predicted octanol–water partition coefficient (Wildman–Crippen LogP) is 4.27. The first-order valence-electron chi connectivity index (χ1n) is 10.2. The lowest BCUT2D eigenvalue weighted by Gasteiger charge is -2.13. The molecule has 0 aliphatic carbocycles. The van der Waals surface area contributed by atoms with E-state index < -0.39 is 15.9 Å². The molecule has 0 heterocycles. The first-order chi connectivity index (χ1) is 15.7. The molecule has 0 radical (unpaired) electrons. The van der Waals surface area contributed by atoms with Crippen molar-refractivity contribution in [3.63, 3.8) is 0 Å². The lowest BCUT2D eigenvalue weighted by molar-refractivity contribution is 0.0959. The van der Waals surface area contributed by atoms with E-state index in [4.69, 9.17) is 0 Å². The predicted molar refractivity (Wildman–Crippen MR) is 130 cm³/mol. The number of aryl methyl sites for hydroxylation is 2. The van der Waals surface area contributed by atoms with Crippen molar-refractivity contribution >= 4 is 33.2 Å². The maximum absolute atomic E-state index is 12.8. The minimum absolute atomic E-state index is 0.153. The van der Waals surface area contributed by atoms with Gasteiger partial charge in [0.05, 0.1) is 21.8 Å². The second-order valence-corrected chi connectivity index (χ2v) is 9.13. The van der Waals surface area contributed by atoms with Crippen molar-refractivity contribution in [1.29, 1.82) is 0 Å². The molecular formula is C25H25N3O4S. The van der Waals surface area contributed by atoms with Crippen molar-refractivity contribution in [3.05, 3.63) is 102 Å². The molecule has 0 saturated heterocycles. The number of rotatable bonds is 8. The maximum Gasteiger partial charge on any atom is 0.261 e. The normalized spacial score (nSPS) is 10.8. The van der Waals surface area contributed by atoms with Crippen LogP contribution in [0.25, 0.3) is 0 Å². The third kappa shape index (κ3) is 5.87. The molecular weight excluding hydrogens is 438 g/mol. The van der Waals surface area contributed by atoms with Gasteiger partial charge in [-0.1, -0.05) is 35.9 Å². The minimum Gasteiger partial charge on any atom is -0.349 e. The summed E-state index contributed by atoms with van der Waals surface area (Å²) in [4.78, 5) is 25.3. The van der Waals surface area contributed by atoms with E-state index in [0.29, 0.717) is 34.6 Å². The number of sulfonamides is 1. The lowest BCUT2D eigenvalue weighted by Crippen LogP contribution is -2.25. The van der Waals surface area contributed by atoms with Gasteiger partial charge < -0.3 is 10.6 Å². The van der Waals surface area contributed by atoms with Gasteiger partial charge in [0.1, 0.15) is 0 Å². The molecule has 0 saturated carbocycles. The van der Waals surface area contributed by atoms with Crippen LogP contribution in [0.1, 0.15) is 31.8 Å². The lowest BCUT2D eigenvalue weighted by atomic mass is 10.1. The van der Waals surface area contributed by atoms with Gasteiger partial charge in [-0.05, 0) is 61.9 Å². The summed E-state index contributed by atoms with van der Waals surface area (Å²) in [6, 6.07) is 17.9. The second-order valence-electron chi connectivity index (χ2n) is 7.45. The fourth-order valence-electron chi connectivity index (χ4n) is 3.09. The molecule has 3 rings (SSSR count). The zero-order valence-electron chi connectivity index (χ0n) is 18.4. The highest BCUT2D eigenvalue weighted by Gasteiger charge is 2.17. The van der Waals surface area contributed by atoms with Crippen LogP contribution in [0.4, 0.5) is 11.4 Å². The molecule has 0 aliphatic heterocycles. The molecule has 0 aromatic heterocycles. The van der Waals surface area contributed by atoms with Gasteiger partial charge in [-0.15, -0.1) is 6.58 Å². The molecule has 0 bridgehead atoms. The van der Waals surface area contributed by atoms with Gasteiger partial charge in [-0.3, -0.25) is 14.3 Å². The molecule has 170 valence electrons. The van der Waals surface area contributed by atoms with Crippen LogP contribution < -0.4 is 15.4 Å². The van der Waals surface area contributed by atoms with Crippen LogP contribution >= 0.6 is 0 Å². The Morgan fingerprint density at radius 3 is 2.27 bits per heavy atom. The summed E-state index contributed by atoms with van der Waals surface area (Å²) in [5.74, 6) is -0.752. The van der Waals surface area contributed by atoms with Crippen LogP contribution in [0.3, 0.4) is 0 Å². The van der Waals surface area contributed by atoms with Crippen molar-refractivity contribution in [2.75, 3.05) is 16.6 Å². The van der Waals surface area contributed by atoms with Gasteiger partial charge in [-0.2, -0.15) is 0 Å². The summed E-state index contributed by atoms with van der Waals surface area (Å²) in [7, 11) is -3.76. The Kier molecular flexibility index (Phi) is 7.30. The second kappa shape index (κ2) is 10.1. The highest BCUT2D eigenvalue weighted by molar-refractivity contribution is 7.92. The van der Waals surface area contributed by atoms with Gasteiger partial charge in [0.25, 0.3) is 21.8 Å². The van der Waals surface area contributed by atoms with E-state index in [1.54, 1.807) is 61.5 Å². The summed E-state index contributed by atoms with van der Waals surface area (Å²) >= 11 is 0. The molecule has 3 aromatic rings. The SMILES string of the molecule is C=CCNC(=O)c1ccccc1NC(=O)c1ccc(NS(=O)(=O)c2ccc(C)cc2)c(C)c1. The third-order valence-electron chi connectivity index (χ3n) is 4.89. The first kappa shape index (κ1) is 23.7. The van der Waals surface area contributed by atoms with Crippen molar-refractivity contribution in [3.8, 4) is 0 Å². The summed E-state index contributed by atoms with van der Waals surface area (Å²) < 4.78 is 27.9. The Hall–Kier alpha value is -3.91. The van der Waals surface area contributed by atoms with E-state index >= 15 is 0 Å². The molecule has 0 atom stereocenters. The molecule has 0 unspecified atom stereocenters. The zero-order chi connectivity index (χ0) is 24.0. The van der Waals surface area contributed by atoms with Crippen molar-refractivity contribution in [2.45, 2.75) is 18.7 Å². The number of carbonyl (C=O) groups excluding carboxylic acids is 2. The molecule has 8 heteroatoms. The summed E-state index contributed by atoms with van der Waals surface area (Å²) in [6.07, 6.45) is 1.57. The molecule has 33 heavy (non-hydrogen) atoms. The van der Waals surface area contributed by atoms with E-state index in [9.17, 15) is 18.0 Å². The van der Waals surface area contributed by atoms with E-state index in [0.717, 1.165) is 5.56 Å². The highest BCUT2D eigenvalue weighted by atomic mass is 32.2. The van der Waals surface area contributed by atoms with Crippen LogP contribution in [-0.4, -0.2) is 26.8 Å². The number of benzene rings is 3. The molecule has 0 spiro atoms. The van der Waals surface area contributed by atoms with Crippen LogP contribution in [0.2, 0.25) is 0 Å². The first-order valence-corrected chi connectivity index (χ1v) is 11.7. The standard InChI is InChI=1S/C25H25N3O4S/c1-4-15-26-25(30)21-7-5-6-8-23(21)27-24(29)19-11-14-22(18(3)16-19)28-33(31,32)20-12-9-17(2)10-13-20/h4-14,16,28H,1,15H2,2-3H3,(H,26,30)(H,27,29). The average molecular weight is 464 g/mol. The number of para-hydroxylation sites is 1. The van der Waals surface area contributed by atoms with Crippen LogP contribution in [-0.2, 0) is 10.0 Å². The topological polar surface area (TPSA) is 104 Å². The Labute approximate surface area is 193 Å². The fourth-order valence-corrected chi connectivity index (χ4v) is 4.22. The van der Waals surface area contributed by atoms with E-state index in [2.05, 4.69) is 21.9 Å². The number of carbonyl (C=O) groups is 2. The molecule has 7 nitrogen and oxygen atoms in total. The Morgan fingerprint density at radius 2 is 1.61 bits per heavy atom. The van der Waals surface area contributed by atoms with Crippen LogP contribution in [0.5, 0.6) is 0 Å². The zero-order valence-corrected chi connectivity index (χ0v) is 19.2. The molecule has 0 fully saturated rings. The summed E-state index contributed by atoms with van der Waals surface area (Å²) in [5.41, 5.74) is 2.93. The van der Waals surface area contributed by atoms with Gasteiger partial charge in [-0.25, -0.2) is 8.42 Å². The minimum atomic E-state index is -3.76. The number of amides is 2. The highest BCUT2D eigenvalue weighted by Crippen LogP contribution is 2.23. The number of anilines is 2. The molecule has 0 aliphatic rings.